The van der Waals surface area contributed by atoms with Crippen molar-refractivity contribution in [3.8, 4) is 0 Å². The van der Waals surface area contributed by atoms with E-state index < -0.39 is 111 Å². The molecule has 4 bridgehead atoms. The van der Waals surface area contributed by atoms with Crippen LogP contribution in [0.25, 0.3) is 0 Å². The van der Waals surface area contributed by atoms with Crippen LogP contribution in [0, 0.1) is 44.3 Å². The average Bonchev–Trinajstić information content (AvgIpc) is 0.989. The van der Waals surface area contributed by atoms with Gasteiger partial charge in [-0.1, -0.05) is 27.7 Å². The van der Waals surface area contributed by atoms with Crippen LogP contribution in [0.4, 0.5) is 35.1 Å². The van der Waals surface area contributed by atoms with Gasteiger partial charge in [-0.15, -0.1) is 0 Å². The van der Waals surface area contributed by atoms with E-state index in [0.29, 0.717) is 77.2 Å². The molecule has 5 saturated carbocycles. The molecule has 0 spiro atoms. The van der Waals surface area contributed by atoms with Crippen molar-refractivity contribution in [1.29, 1.82) is 0 Å². The van der Waals surface area contributed by atoms with E-state index in [0.717, 1.165) is 39.0 Å². The summed E-state index contributed by atoms with van der Waals surface area (Å²) in [5.41, 5.74) is -12.2. The van der Waals surface area contributed by atoms with Crippen molar-refractivity contribution in [3.05, 3.63) is 0 Å². The maximum atomic E-state index is 14.0. The Bertz CT molecular complexity index is 2360. The molecule has 5 aliphatic carbocycles. The predicted molar refractivity (Wildman–Crippen MR) is 304 cm³/mol. The molecule has 0 radical (unpaired) electrons. The summed E-state index contributed by atoms with van der Waals surface area (Å²) in [6.07, 6.45) is -0.727. The Balaban J connectivity index is 0.000000310. The van der Waals surface area contributed by atoms with E-state index in [1.165, 1.54) is 13.8 Å². The Morgan fingerprint density at radius 1 is 0.586 bits per heavy atom. The summed E-state index contributed by atoms with van der Waals surface area (Å²) in [5, 5.41) is 40.9. The lowest BCUT2D eigenvalue weighted by Gasteiger charge is -2.70. The third kappa shape index (κ3) is 17.0. The molecule has 508 valence electrons. The van der Waals surface area contributed by atoms with Crippen LogP contribution in [-0.2, 0) is 57.1 Å². The van der Waals surface area contributed by atoms with Crippen LogP contribution >= 0.6 is 0 Å². The van der Waals surface area contributed by atoms with Gasteiger partial charge < -0.3 is 53.6 Å². The molecule has 7 fully saturated rings. The zero-order valence-corrected chi connectivity index (χ0v) is 55.2. The van der Waals surface area contributed by atoms with Crippen molar-refractivity contribution in [1.82, 2.24) is 0 Å². The first-order chi connectivity index (χ1) is 38.8. The van der Waals surface area contributed by atoms with Crippen molar-refractivity contribution in [2.24, 2.45) is 44.3 Å². The highest BCUT2D eigenvalue weighted by molar-refractivity contribution is 5.83. The zero-order valence-electron chi connectivity index (χ0n) is 55.2. The van der Waals surface area contributed by atoms with Crippen LogP contribution < -0.4 is 0 Å². The fraction of sp³-hybridized carbons (Fsp3) is 0.921. The van der Waals surface area contributed by atoms with Crippen molar-refractivity contribution >= 4 is 29.8 Å². The summed E-state index contributed by atoms with van der Waals surface area (Å²) < 4.78 is 140. The van der Waals surface area contributed by atoms with E-state index in [9.17, 15) is 79.5 Å². The number of cyclic esters (lactones) is 1. The topological polar surface area (TPSA) is 231 Å². The molecule has 87 heavy (non-hydrogen) atoms. The number of carbonyl (C=O) groups excluding carboxylic acids is 5. The number of ether oxygens (including phenoxy) is 7. The number of aliphatic hydroxyl groups is 4. The number of hydrogen-bond donors (Lipinski definition) is 4. The molecular weight excluding hydrogens is 1160 g/mol. The molecule has 4 N–H and O–H groups in total. The predicted octanol–water partition coefficient (Wildman–Crippen LogP) is 12.8. The lowest BCUT2D eigenvalue weighted by atomic mass is 9.37. The van der Waals surface area contributed by atoms with Crippen LogP contribution in [0.3, 0.4) is 0 Å². The highest BCUT2D eigenvalue weighted by Crippen LogP contribution is 2.72. The SMILES string of the molecule is CCC(C)(C)C(=O)OC1(C)COC(O)(C(F)(F)F)C1(F)F.CCC(C)(C)C(=O)OC12CC3CC(C(C)(C)O)(C1)CC(C(C)(C)O)(C3)C2.CCC(C)(C)C(=O)OC1CCC(C(C)(C)OCC(C)(O)C(F)(F)F)CC1.CCC(C)(C)C(=O)OC1CCOC1=O. The Morgan fingerprint density at radius 3 is 1.37 bits per heavy atom. The van der Waals surface area contributed by atoms with Crippen LogP contribution in [0.5, 0.6) is 0 Å². The van der Waals surface area contributed by atoms with Gasteiger partial charge in [0.1, 0.15) is 11.7 Å². The van der Waals surface area contributed by atoms with Crippen LogP contribution in [0.2, 0.25) is 0 Å². The van der Waals surface area contributed by atoms with Gasteiger partial charge in [-0.25, -0.2) is 4.79 Å². The van der Waals surface area contributed by atoms with Crippen molar-refractivity contribution in [2.45, 2.75) is 305 Å². The highest BCUT2D eigenvalue weighted by Gasteiger charge is 2.83. The van der Waals surface area contributed by atoms with Gasteiger partial charge >= 0.3 is 53.9 Å². The molecule has 0 amide bonds. The third-order valence-corrected chi connectivity index (χ3v) is 20.4. The van der Waals surface area contributed by atoms with E-state index in [1.807, 2.05) is 76.2 Å². The number of rotatable bonds is 18. The van der Waals surface area contributed by atoms with E-state index >= 15 is 0 Å². The molecule has 2 saturated heterocycles. The second-order valence-electron chi connectivity index (χ2n) is 30.2. The van der Waals surface area contributed by atoms with Gasteiger partial charge in [-0.05, 0) is 213 Å². The second-order valence-corrected chi connectivity index (χ2v) is 30.2. The van der Waals surface area contributed by atoms with Crippen LogP contribution in [0.15, 0.2) is 0 Å². The lowest BCUT2D eigenvalue weighted by molar-refractivity contribution is -0.409. The molecule has 6 atom stereocenters. The number of hydrogen-bond acceptors (Lipinski definition) is 16. The quantitative estimate of drug-likeness (QED) is 0.0568. The minimum atomic E-state index is -5.74. The third-order valence-electron chi connectivity index (χ3n) is 20.4. The Kier molecular flexibility index (Phi) is 23.5. The average molecular weight is 1270 g/mol. The van der Waals surface area contributed by atoms with Crippen LogP contribution in [-0.4, -0.2) is 140 Å². The molecule has 16 nitrogen and oxygen atoms in total. The van der Waals surface area contributed by atoms with Crippen molar-refractivity contribution in [2.75, 3.05) is 19.8 Å². The molecule has 2 heterocycles. The normalized spacial score (nSPS) is 30.9. The standard InChI is InChI=1S/C22H38O4.C19H33F3O4.C12H17F5O4.C10H16O4/c1-8-17(2,3)16(23)26-22-11-15-9-20(13-22,18(4,5)24)12-21(10-15,14-22)19(6,7)25;1-7-16(2,3)15(23)26-14-10-8-13(9-11-14)17(4,5)25-12-18(6,24)19(20,21)22;1-5-8(2,3)7(18)21-9(4)6-20-11(19,10(9,13)14)12(15,16)17;1-4-10(2,3)9(12)14-7-5-6-13-8(7)11/h15,24-25H,8-14H2,1-7H3;13-14,24H,7-12H2,1-6H3;19H,5-6H2,1-4H3;7H,4-6H2,1-3H3. The molecule has 7 aliphatic rings. The van der Waals surface area contributed by atoms with E-state index in [4.69, 9.17) is 23.7 Å². The van der Waals surface area contributed by atoms with Gasteiger partial charge in [0, 0.05) is 17.3 Å². The van der Waals surface area contributed by atoms with Gasteiger partial charge in [-0.2, -0.15) is 35.1 Å². The first-order valence-electron chi connectivity index (χ1n) is 30.6. The van der Waals surface area contributed by atoms with E-state index in [2.05, 4.69) is 9.47 Å². The molecule has 0 aromatic carbocycles. The maximum absolute atomic E-state index is 14.0. The minimum absolute atomic E-state index is 0.0423. The summed E-state index contributed by atoms with van der Waals surface area (Å²) in [4.78, 5) is 59.5. The van der Waals surface area contributed by atoms with E-state index in [-0.39, 0.29) is 47.2 Å². The summed E-state index contributed by atoms with van der Waals surface area (Å²) >= 11 is 0. The number of halogens is 8. The second kappa shape index (κ2) is 26.3. The zero-order chi connectivity index (χ0) is 67.9. The maximum Gasteiger partial charge on any atom is 0.449 e. The lowest BCUT2D eigenvalue weighted by Crippen LogP contribution is -2.70. The first-order valence-corrected chi connectivity index (χ1v) is 30.6. The fourth-order valence-corrected chi connectivity index (χ4v) is 11.8. The number of carbonyl (C=O) groups is 5. The van der Waals surface area contributed by atoms with Gasteiger partial charge in [0.05, 0.1) is 58.3 Å². The monoisotopic (exact) mass is 1270 g/mol. The summed E-state index contributed by atoms with van der Waals surface area (Å²) in [5.74, 6) is -11.3. The van der Waals surface area contributed by atoms with Gasteiger partial charge in [0.2, 0.25) is 11.7 Å². The van der Waals surface area contributed by atoms with Crippen molar-refractivity contribution < 1.29 is 113 Å². The summed E-state index contributed by atoms with van der Waals surface area (Å²) in [6.45, 7) is 32.1. The molecule has 6 unspecified atom stereocenters. The minimum Gasteiger partial charge on any atom is -0.463 e. The Morgan fingerprint density at radius 2 is 1.00 bits per heavy atom. The van der Waals surface area contributed by atoms with Gasteiger partial charge in [-0.3, -0.25) is 19.2 Å². The number of esters is 5. The molecule has 7 rings (SSSR count). The van der Waals surface area contributed by atoms with Crippen LogP contribution in [0.1, 0.15) is 235 Å². The first kappa shape index (κ1) is 77.8. The fourth-order valence-electron chi connectivity index (χ4n) is 11.8. The molecule has 0 aromatic heterocycles. The Labute approximate surface area is 509 Å². The molecular formula is C63H104F8O16. The van der Waals surface area contributed by atoms with Crippen molar-refractivity contribution in [3.63, 3.8) is 0 Å². The summed E-state index contributed by atoms with van der Waals surface area (Å²) in [7, 11) is 0. The molecule has 0 aromatic rings. The molecule has 2 aliphatic heterocycles. The Hall–Kier alpha value is -3.45. The number of alkyl halides is 8. The largest absolute Gasteiger partial charge is 0.463 e. The summed E-state index contributed by atoms with van der Waals surface area (Å²) in [6, 6.07) is 0. The van der Waals surface area contributed by atoms with Gasteiger partial charge in [0.25, 0.3) is 0 Å². The van der Waals surface area contributed by atoms with E-state index in [1.54, 1.807) is 34.6 Å². The van der Waals surface area contributed by atoms with Gasteiger partial charge in [0.15, 0.2) is 5.60 Å². The molecule has 24 heteroatoms. The smallest absolute Gasteiger partial charge is 0.449 e. The highest BCUT2D eigenvalue weighted by atomic mass is 19.4.